The zero-order valence-corrected chi connectivity index (χ0v) is 17.5. The molecular formula is C22H27NO6. The first-order valence-electron chi connectivity index (χ1n) is 9.77. The molecule has 7 heteroatoms. The van der Waals surface area contributed by atoms with Gasteiger partial charge in [0.2, 0.25) is 0 Å². The van der Waals surface area contributed by atoms with Crippen molar-refractivity contribution in [2.75, 3.05) is 34.9 Å². The van der Waals surface area contributed by atoms with Crippen LogP contribution in [0.5, 0.6) is 11.5 Å². The molecule has 156 valence electrons. The Hall–Kier alpha value is -2.54. The Morgan fingerprint density at radius 3 is 2.55 bits per heavy atom. The van der Waals surface area contributed by atoms with Crippen molar-refractivity contribution < 1.29 is 28.5 Å². The second-order valence-corrected chi connectivity index (χ2v) is 8.07. The summed E-state index contributed by atoms with van der Waals surface area (Å²) in [4.78, 5) is 27.5. The Bertz CT molecular complexity index is 909. The quantitative estimate of drug-likeness (QED) is 0.715. The third-order valence-electron chi connectivity index (χ3n) is 6.81. The van der Waals surface area contributed by atoms with E-state index >= 15 is 0 Å². The average molecular weight is 401 g/mol. The number of likely N-dealkylation sites (N-methyl/N-ethyl adjacent to an activating group) is 1. The molecule has 2 aliphatic carbocycles. The average Bonchev–Trinajstić information content (AvgIpc) is 2.69. The van der Waals surface area contributed by atoms with Crippen LogP contribution in [0.25, 0.3) is 0 Å². The number of likely N-dealkylation sites (tertiary alicyclic amines) is 1. The van der Waals surface area contributed by atoms with Crippen molar-refractivity contribution in [3.05, 3.63) is 35.1 Å². The predicted molar refractivity (Wildman–Crippen MR) is 105 cm³/mol. The minimum absolute atomic E-state index is 0.101. The number of Topliss-reactive ketones (excluding diaryl/α,β-unsaturated/α-hetero) is 1. The van der Waals surface area contributed by atoms with Gasteiger partial charge in [0, 0.05) is 25.0 Å². The molecule has 1 saturated heterocycles. The number of ether oxygens (including phenoxy) is 4. The Kier molecular flexibility index (Phi) is 4.61. The highest BCUT2D eigenvalue weighted by molar-refractivity contribution is 5.97. The normalized spacial score (nSPS) is 30.6. The third kappa shape index (κ3) is 2.53. The molecule has 0 radical (unpaired) electrons. The zero-order chi connectivity index (χ0) is 21.0. The van der Waals surface area contributed by atoms with Crippen molar-refractivity contribution in [3.63, 3.8) is 0 Å². The fourth-order valence-electron chi connectivity index (χ4n) is 5.65. The fraction of sp³-hybridized carbons (Fsp3) is 0.545. The molecule has 4 rings (SSSR count). The van der Waals surface area contributed by atoms with Crippen molar-refractivity contribution >= 4 is 11.8 Å². The summed E-state index contributed by atoms with van der Waals surface area (Å²) in [5, 5.41) is 0. The standard InChI is InChI=1S/C22H27NO6/c1-13(24)29-22-12-17(27-4)15(25)11-21(22)8-9-23(2)18(22)10-14-6-7-16(26-3)20(28-5)19(14)21/h6-7,12,18H,8-11H2,1-5H3/t18-,21-,22-/m0/s1. The molecule has 0 spiro atoms. The van der Waals surface area contributed by atoms with Crippen LogP contribution in [0.4, 0.5) is 0 Å². The topological polar surface area (TPSA) is 74.3 Å². The minimum Gasteiger partial charge on any atom is -0.493 e. The van der Waals surface area contributed by atoms with Gasteiger partial charge >= 0.3 is 5.97 Å². The number of allylic oxidation sites excluding steroid dienone is 1. The number of esters is 1. The molecule has 29 heavy (non-hydrogen) atoms. The number of carbonyl (C=O) groups excluding carboxylic acids is 2. The van der Waals surface area contributed by atoms with Crippen molar-refractivity contribution in [2.45, 2.75) is 43.2 Å². The summed E-state index contributed by atoms with van der Waals surface area (Å²) in [6, 6.07) is 3.80. The number of benzene rings is 1. The van der Waals surface area contributed by atoms with Gasteiger partial charge in [-0.1, -0.05) is 6.07 Å². The number of rotatable bonds is 4. The molecule has 1 aromatic rings. The van der Waals surface area contributed by atoms with Crippen molar-refractivity contribution in [2.24, 2.45) is 0 Å². The van der Waals surface area contributed by atoms with E-state index in [1.165, 1.54) is 14.0 Å². The first-order valence-corrected chi connectivity index (χ1v) is 9.77. The van der Waals surface area contributed by atoms with E-state index in [4.69, 9.17) is 18.9 Å². The van der Waals surface area contributed by atoms with Gasteiger partial charge < -0.3 is 18.9 Å². The van der Waals surface area contributed by atoms with Gasteiger partial charge in [0.15, 0.2) is 28.6 Å². The van der Waals surface area contributed by atoms with Gasteiger partial charge in [-0.2, -0.15) is 0 Å². The van der Waals surface area contributed by atoms with Crippen molar-refractivity contribution in [3.8, 4) is 11.5 Å². The molecule has 1 aliphatic heterocycles. The van der Waals surface area contributed by atoms with Crippen LogP contribution in [0.15, 0.2) is 24.0 Å². The summed E-state index contributed by atoms with van der Waals surface area (Å²) in [6.45, 7) is 2.18. The lowest BCUT2D eigenvalue weighted by Gasteiger charge is -2.62. The maximum absolute atomic E-state index is 13.0. The highest BCUT2D eigenvalue weighted by atomic mass is 16.6. The van der Waals surface area contributed by atoms with Gasteiger partial charge in [0.1, 0.15) is 0 Å². The lowest BCUT2D eigenvalue weighted by atomic mass is 9.50. The molecule has 3 atom stereocenters. The lowest BCUT2D eigenvalue weighted by Crippen LogP contribution is -2.73. The summed E-state index contributed by atoms with van der Waals surface area (Å²) < 4.78 is 22.9. The van der Waals surface area contributed by atoms with Crippen LogP contribution in [0.1, 0.15) is 30.9 Å². The van der Waals surface area contributed by atoms with E-state index in [9.17, 15) is 9.59 Å². The second kappa shape index (κ2) is 6.76. The molecule has 1 heterocycles. The van der Waals surface area contributed by atoms with Gasteiger partial charge in [-0.05, 0) is 38.1 Å². The van der Waals surface area contributed by atoms with Crippen LogP contribution < -0.4 is 9.47 Å². The van der Waals surface area contributed by atoms with Crippen LogP contribution in [-0.4, -0.2) is 63.2 Å². The number of carbonyl (C=O) groups is 2. The number of piperidine rings is 1. The summed E-state index contributed by atoms with van der Waals surface area (Å²) in [7, 11) is 6.70. The van der Waals surface area contributed by atoms with E-state index in [0.717, 1.165) is 17.7 Å². The van der Waals surface area contributed by atoms with Gasteiger partial charge in [0.25, 0.3) is 0 Å². The Morgan fingerprint density at radius 2 is 1.93 bits per heavy atom. The Morgan fingerprint density at radius 1 is 1.17 bits per heavy atom. The van der Waals surface area contributed by atoms with E-state index in [2.05, 4.69) is 4.90 Å². The first kappa shape index (κ1) is 19.8. The molecular weight excluding hydrogens is 374 g/mol. The molecule has 0 N–H and O–H groups in total. The van der Waals surface area contributed by atoms with E-state index in [1.54, 1.807) is 20.3 Å². The van der Waals surface area contributed by atoms with Gasteiger partial charge in [-0.3, -0.25) is 14.5 Å². The maximum Gasteiger partial charge on any atom is 0.303 e. The Balaban J connectivity index is 2.10. The number of nitrogens with zero attached hydrogens (tertiary/aromatic N) is 1. The van der Waals surface area contributed by atoms with Crippen LogP contribution in [-0.2, 0) is 30.9 Å². The number of hydrogen-bond donors (Lipinski definition) is 0. The predicted octanol–water partition coefficient (Wildman–Crippen LogP) is 2.01. The SMILES string of the molecule is COC1=C[C@]2(OC(C)=O)[C@@H]3Cc4ccc(OC)c(OC)c4[C@]2(CCN3C)CC1=O. The smallest absolute Gasteiger partial charge is 0.303 e. The number of fused-ring (bicyclic) bond motifs is 1. The van der Waals surface area contributed by atoms with Crippen LogP contribution in [0.2, 0.25) is 0 Å². The van der Waals surface area contributed by atoms with Crippen LogP contribution in [0, 0.1) is 0 Å². The van der Waals surface area contributed by atoms with Gasteiger partial charge in [0.05, 0.1) is 32.8 Å². The van der Waals surface area contributed by atoms with E-state index in [1.807, 2.05) is 19.2 Å². The second-order valence-electron chi connectivity index (χ2n) is 8.07. The molecule has 7 nitrogen and oxygen atoms in total. The zero-order valence-electron chi connectivity index (χ0n) is 17.5. The van der Waals surface area contributed by atoms with Crippen LogP contribution in [0.3, 0.4) is 0 Å². The molecule has 3 aliphatic rings. The number of hydrogen-bond acceptors (Lipinski definition) is 7. The van der Waals surface area contributed by atoms with Gasteiger partial charge in [-0.15, -0.1) is 0 Å². The minimum atomic E-state index is -1.03. The molecule has 0 amide bonds. The Labute approximate surface area is 170 Å². The molecule has 2 bridgehead atoms. The van der Waals surface area contributed by atoms with Crippen LogP contribution >= 0.6 is 0 Å². The van der Waals surface area contributed by atoms with Gasteiger partial charge in [-0.25, -0.2) is 0 Å². The number of methoxy groups -OCH3 is 3. The summed E-state index contributed by atoms with van der Waals surface area (Å²) >= 11 is 0. The number of ketones is 1. The fourth-order valence-corrected chi connectivity index (χ4v) is 5.65. The first-order chi connectivity index (χ1) is 13.8. The highest BCUT2D eigenvalue weighted by Gasteiger charge is 2.68. The molecule has 0 unspecified atom stereocenters. The molecule has 0 aromatic heterocycles. The summed E-state index contributed by atoms with van der Waals surface area (Å²) in [5.74, 6) is 0.958. The molecule has 1 aromatic carbocycles. The lowest BCUT2D eigenvalue weighted by molar-refractivity contribution is -0.183. The van der Waals surface area contributed by atoms with E-state index < -0.39 is 11.0 Å². The monoisotopic (exact) mass is 401 g/mol. The highest BCUT2D eigenvalue weighted by Crippen LogP contribution is 2.61. The summed E-state index contributed by atoms with van der Waals surface area (Å²) in [6.07, 6.45) is 3.22. The van der Waals surface area contributed by atoms with E-state index in [-0.39, 0.29) is 30.0 Å². The largest absolute Gasteiger partial charge is 0.493 e. The van der Waals surface area contributed by atoms with Crippen molar-refractivity contribution in [1.82, 2.24) is 4.90 Å². The van der Waals surface area contributed by atoms with E-state index in [0.29, 0.717) is 24.3 Å². The maximum atomic E-state index is 13.0. The third-order valence-corrected chi connectivity index (χ3v) is 6.81. The van der Waals surface area contributed by atoms with Crippen molar-refractivity contribution in [1.29, 1.82) is 0 Å². The summed E-state index contributed by atoms with van der Waals surface area (Å²) in [5.41, 5.74) is 0.217. The molecule has 1 fully saturated rings. The molecule has 0 saturated carbocycles.